The molecule has 0 amide bonds. The Morgan fingerprint density at radius 2 is 0.727 bits per heavy atom. The number of hydrogen-bond donors (Lipinski definition) is 0. The van der Waals surface area contributed by atoms with Crippen LogP contribution in [0.3, 0.4) is 0 Å². The Kier molecular flexibility index (Phi) is 16.5. The van der Waals surface area contributed by atoms with E-state index in [4.69, 9.17) is 0 Å². The molecule has 0 radical (unpaired) electrons. The molecule has 0 aliphatic carbocycles. The van der Waals surface area contributed by atoms with E-state index in [0.717, 1.165) is 59.8 Å². The average Bonchev–Trinajstić information content (AvgIpc) is 2.50. The van der Waals surface area contributed by atoms with E-state index in [0.29, 0.717) is 0 Å². The summed E-state index contributed by atoms with van der Waals surface area (Å²) in [6.45, 7) is 5.43. The van der Waals surface area contributed by atoms with Crippen molar-refractivity contribution in [3.05, 3.63) is 0 Å². The van der Waals surface area contributed by atoms with Gasteiger partial charge in [-0.15, -0.1) is 0 Å². The van der Waals surface area contributed by atoms with Crippen molar-refractivity contribution in [1.29, 1.82) is 0 Å². The second-order valence-corrected chi connectivity index (χ2v) is 16.0. The Morgan fingerprint density at radius 1 is 0.455 bits per heavy atom. The fourth-order valence-corrected chi connectivity index (χ4v) is 12.2. The van der Waals surface area contributed by atoms with Crippen molar-refractivity contribution >= 4 is 59.8 Å². The van der Waals surface area contributed by atoms with Gasteiger partial charge in [0.25, 0.3) is 0 Å². The number of rotatable bonds is 0. The van der Waals surface area contributed by atoms with Crippen molar-refractivity contribution in [1.82, 2.24) is 9.80 Å². The van der Waals surface area contributed by atoms with Crippen LogP contribution in [0.15, 0.2) is 0 Å². The summed E-state index contributed by atoms with van der Waals surface area (Å²) in [7, 11) is 4.67. The summed E-state index contributed by atoms with van der Waals surface area (Å²) in [5, 5.41) is 12.1. The molecule has 2 nitrogen and oxygen atoms in total. The van der Waals surface area contributed by atoms with Crippen molar-refractivity contribution in [2.45, 2.75) is 55.4 Å². The monoisotopic (exact) mass is 574 g/mol. The van der Waals surface area contributed by atoms with Gasteiger partial charge in [0.1, 0.15) is 0 Å². The third-order valence-corrected chi connectivity index (χ3v) is 12.4. The zero-order valence-corrected chi connectivity index (χ0v) is 21.3. The topological polar surface area (TPSA) is 6.48 Å². The molecule has 22 heavy (non-hydrogen) atoms. The molecule has 0 unspecified atom stereocenters. The van der Waals surface area contributed by atoms with E-state index in [1.165, 1.54) is 81.6 Å². The molecule has 1 aliphatic heterocycles. The van der Waals surface area contributed by atoms with Crippen LogP contribution in [0.1, 0.15) is 12.8 Å². The molecule has 132 valence electrons. The first-order chi connectivity index (χ1) is 10.8. The maximum atomic E-state index is 2.59. The molecule has 1 rings (SSSR count). The Morgan fingerprint density at radius 3 is 1.00 bits per heavy atom. The minimum absolute atomic E-state index is 0.912. The molecular formula is C16H34N2Se4. The summed E-state index contributed by atoms with van der Waals surface area (Å²) in [4.78, 5) is 5.18. The average molecular weight is 570 g/mol. The van der Waals surface area contributed by atoms with Gasteiger partial charge in [-0.05, 0) is 0 Å². The van der Waals surface area contributed by atoms with Crippen molar-refractivity contribution < 1.29 is 0 Å². The second-order valence-electron chi connectivity index (χ2n) is 5.76. The Bertz CT molecular complexity index is 200. The predicted molar refractivity (Wildman–Crippen MR) is 106 cm³/mol. The van der Waals surface area contributed by atoms with Crippen LogP contribution in [0.25, 0.3) is 0 Å². The normalized spacial score (nSPS) is 24.8. The first-order valence-corrected chi connectivity index (χ1v) is 18.2. The molecule has 1 saturated heterocycles. The van der Waals surface area contributed by atoms with E-state index in [-0.39, 0.29) is 0 Å². The van der Waals surface area contributed by atoms with Crippen LogP contribution in [-0.2, 0) is 0 Å². The van der Waals surface area contributed by atoms with Crippen LogP contribution in [-0.4, -0.2) is 110 Å². The molecule has 1 fully saturated rings. The van der Waals surface area contributed by atoms with E-state index >= 15 is 0 Å². The quantitative estimate of drug-likeness (QED) is 0.414. The number of hydrogen-bond acceptors (Lipinski definition) is 2. The molecule has 0 aromatic carbocycles. The molecule has 0 saturated carbocycles. The summed E-state index contributed by atoms with van der Waals surface area (Å²) >= 11 is 3.65. The van der Waals surface area contributed by atoms with Gasteiger partial charge in [-0.25, -0.2) is 0 Å². The Labute approximate surface area is 164 Å². The van der Waals surface area contributed by atoms with Crippen molar-refractivity contribution in [3.63, 3.8) is 0 Å². The molecule has 0 spiro atoms. The van der Waals surface area contributed by atoms with Gasteiger partial charge in [0, 0.05) is 0 Å². The van der Waals surface area contributed by atoms with E-state index in [1.807, 2.05) is 0 Å². The zero-order chi connectivity index (χ0) is 15.9. The standard InChI is InChI=1S/C16H34N2Se4/c1-17-5-13-19-9-3-11-21-15-7-18(2)8-16-22-12-4-10-20-14-6-17/h3-16H2,1-2H3. The van der Waals surface area contributed by atoms with Crippen molar-refractivity contribution in [2.75, 3.05) is 40.3 Å². The van der Waals surface area contributed by atoms with Gasteiger partial charge in [-0.1, -0.05) is 0 Å². The van der Waals surface area contributed by atoms with Crippen LogP contribution < -0.4 is 0 Å². The van der Waals surface area contributed by atoms with Gasteiger partial charge in [0.15, 0.2) is 0 Å². The molecule has 0 atom stereocenters. The molecular weight excluding hydrogens is 536 g/mol. The molecule has 0 bridgehead atoms. The van der Waals surface area contributed by atoms with Crippen LogP contribution in [0.2, 0.25) is 42.6 Å². The molecule has 1 heterocycles. The Hall–Kier alpha value is 2.00. The Balaban J connectivity index is 2.15. The predicted octanol–water partition coefficient (Wildman–Crippen LogP) is 2.81. The second kappa shape index (κ2) is 16.5. The third kappa shape index (κ3) is 14.4. The van der Waals surface area contributed by atoms with Crippen LogP contribution in [0, 0.1) is 0 Å². The van der Waals surface area contributed by atoms with Crippen molar-refractivity contribution in [2.24, 2.45) is 0 Å². The summed E-state index contributed by atoms with van der Waals surface area (Å²) in [5.74, 6) is 0. The fourth-order valence-electron chi connectivity index (χ4n) is 2.04. The molecule has 6 heteroatoms. The molecule has 0 aromatic rings. The first kappa shape index (κ1) is 22.0. The van der Waals surface area contributed by atoms with Crippen LogP contribution in [0.4, 0.5) is 0 Å². The van der Waals surface area contributed by atoms with E-state index in [1.54, 1.807) is 0 Å². The summed E-state index contributed by atoms with van der Waals surface area (Å²) in [5.41, 5.74) is 0. The fraction of sp³-hybridized carbons (Fsp3) is 1.00. The van der Waals surface area contributed by atoms with Gasteiger partial charge in [0.2, 0.25) is 0 Å². The van der Waals surface area contributed by atoms with E-state index in [9.17, 15) is 0 Å². The van der Waals surface area contributed by atoms with Crippen LogP contribution >= 0.6 is 0 Å². The third-order valence-electron chi connectivity index (χ3n) is 3.62. The zero-order valence-electron chi connectivity index (χ0n) is 14.4. The summed E-state index contributed by atoms with van der Waals surface area (Å²) in [6.07, 6.45) is 3.03. The molecule has 0 aromatic heterocycles. The number of nitrogens with zero attached hydrogens (tertiary/aromatic N) is 2. The van der Waals surface area contributed by atoms with E-state index < -0.39 is 0 Å². The van der Waals surface area contributed by atoms with E-state index in [2.05, 4.69) is 23.9 Å². The van der Waals surface area contributed by atoms with Gasteiger partial charge < -0.3 is 0 Å². The molecule has 0 N–H and O–H groups in total. The van der Waals surface area contributed by atoms with Gasteiger partial charge >= 0.3 is 165 Å². The molecule has 1 aliphatic rings. The van der Waals surface area contributed by atoms with Crippen LogP contribution in [0.5, 0.6) is 0 Å². The summed E-state index contributed by atoms with van der Waals surface area (Å²) in [6, 6.07) is 0. The first-order valence-electron chi connectivity index (χ1n) is 8.47. The van der Waals surface area contributed by atoms with Gasteiger partial charge in [0.05, 0.1) is 0 Å². The summed E-state index contributed by atoms with van der Waals surface area (Å²) < 4.78 is 0. The SMILES string of the molecule is CN1CC[Se]CCC[Se]CCN(C)CC[Se]CCC[Se]CC1. The van der Waals surface area contributed by atoms with Gasteiger partial charge in [-0.2, -0.15) is 0 Å². The minimum atomic E-state index is 0.912. The van der Waals surface area contributed by atoms with Crippen molar-refractivity contribution in [3.8, 4) is 0 Å². The van der Waals surface area contributed by atoms with Gasteiger partial charge in [-0.3, -0.25) is 0 Å². The maximum absolute atomic E-state index is 2.59.